The summed E-state index contributed by atoms with van der Waals surface area (Å²) in [5.74, 6) is 0.697. The highest BCUT2D eigenvalue weighted by Crippen LogP contribution is 2.29. The molecule has 1 aromatic carbocycles. The lowest BCUT2D eigenvalue weighted by Gasteiger charge is -2.08. The summed E-state index contributed by atoms with van der Waals surface area (Å²) in [6, 6.07) is 5.49. The van der Waals surface area contributed by atoms with E-state index in [4.69, 9.17) is 0 Å². The highest BCUT2D eigenvalue weighted by molar-refractivity contribution is 5.24. The van der Waals surface area contributed by atoms with Gasteiger partial charge in [-0.3, -0.25) is 0 Å². The van der Waals surface area contributed by atoms with Crippen molar-refractivity contribution in [2.45, 2.75) is 45.7 Å². The van der Waals surface area contributed by atoms with E-state index in [1.165, 1.54) is 6.42 Å². The van der Waals surface area contributed by atoms with Crippen LogP contribution >= 0.6 is 0 Å². The molecule has 0 aliphatic carbocycles. The van der Waals surface area contributed by atoms with E-state index < -0.39 is 11.7 Å². The van der Waals surface area contributed by atoms with E-state index in [0.29, 0.717) is 5.92 Å². The van der Waals surface area contributed by atoms with E-state index in [1.807, 2.05) is 0 Å². The molecule has 0 unspecified atom stereocenters. The third-order valence-corrected chi connectivity index (χ3v) is 2.78. The van der Waals surface area contributed by atoms with Gasteiger partial charge in [0.15, 0.2) is 0 Å². The molecule has 17 heavy (non-hydrogen) atoms. The molecule has 0 fully saturated rings. The van der Waals surface area contributed by atoms with Crippen molar-refractivity contribution in [3.63, 3.8) is 0 Å². The predicted octanol–water partition coefficient (Wildman–Crippen LogP) is 5.07. The zero-order valence-electron chi connectivity index (χ0n) is 10.3. The quantitative estimate of drug-likeness (QED) is 0.634. The molecule has 0 aliphatic rings. The van der Waals surface area contributed by atoms with E-state index in [0.717, 1.165) is 37.0 Å². The summed E-state index contributed by atoms with van der Waals surface area (Å²) in [4.78, 5) is 0. The Balaban J connectivity index is 2.41. The first kappa shape index (κ1) is 14.1. The van der Waals surface area contributed by atoms with Crippen LogP contribution in [-0.2, 0) is 12.6 Å². The van der Waals surface area contributed by atoms with E-state index in [9.17, 15) is 13.2 Å². The Labute approximate surface area is 101 Å². The third kappa shape index (κ3) is 5.24. The standard InChI is InChI=1S/C14H19F3/c1-11(2)5-3-4-6-12-7-9-13(10-8-12)14(15,16)17/h7-11H,3-6H2,1-2H3. The largest absolute Gasteiger partial charge is 0.416 e. The van der Waals surface area contributed by atoms with Gasteiger partial charge < -0.3 is 0 Å². The molecule has 0 spiro atoms. The molecule has 0 saturated heterocycles. The molecule has 0 amide bonds. The average molecular weight is 244 g/mol. The summed E-state index contributed by atoms with van der Waals surface area (Å²) in [5, 5.41) is 0. The lowest BCUT2D eigenvalue weighted by atomic mass is 10.0. The smallest absolute Gasteiger partial charge is 0.166 e. The number of hydrogen-bond donors (Lipinski definition) is 0. The number of unbranched alkanes of at least 4 members (excludes halogenated alkanes) is 1. The SMILES string of the molecule is CC(C)CCCCc1ccc(C(F)(F)F)cc1. The fourth-order valence-corrected chi connectivity index (χ4v) is 1.74. The maximum atomic E-state index is 12.3. The van der Waals surface area contributed by atoms with Crippen LogP contribution in [0.3, 0.4) is 0 Å². The zero-order chi connectivity index (χ0) is 12.9. The van der Waals surface area contributed by atoms with E-state index in [-0.39, 0.29) is 0 Å². The molecule has 0 saturated carbocycles. The van der Waals surface area contributed by atoms with Crippen molar-refractivity contribution < 1.29 is 13.2 Å². The van der Waals surface area contributed by atoms with Gasteiger partial charge >= 0.3 is 6.18 Å². The Morgan fingerprint density at radius 1 is 1.00 bits per heavy atom. The average Bonchev–Trinajstić information content (AvgIpc) is 2.23. The first-order chi connectivity index (χ1) is 7.89. The van der Waals surface area contributed by atoms with Crippen LogP contribution in [0.4, 0.5) is 13.2 Å². The summed E-state index contributed by atoms with van der Waals surface area (Å²) in [6.07, 6.45) is 0.00387. The minimum Gasteiger partial charge on any atom is -0.166 e. The van der Waals surface area contributed by atoms with Crippen LogP contribution in [0.2, 0.25) is 0 Å². The maximum Gasteiger partial charge on any atom is 0.416 e. The Morgan fingerprint density at radius 3 is 2.06 bits per heavy atom. The normalized spacial score (nSPS) is 12.1. The third-order valence-electron chi connectivity index (χ3n) is 2.78. The molecule has 96 valence electrons. The van der Waals surface area contributed by atoms with Crippen LogP contribution in [0.15, 0.2) is 24.3 Å². The lowest BCUT2D eigenvalue weighted by molar-refractivity contribution is -0.137. The van der Waals surface area contributed by atoms with Gasteiger partial charge in [-0.2, -0.15) is 13.2 Å². The van der Waals surface area contributed by atoms with Gasteiger partial charge in [-0.15, -0.1) is 0 Å². The maximum absolute atomic E-state index is 12.3. The molecule has 0 atom stereocenters. The first-order valence-electron chi connectivity index (χ1n) is 6.05. The van der Waals surface area contributed by atoms with Gasteiger partial charge in [-0.05, 0) is 36.5 Å². The summed E-state index contributed by atoms with van der Waals surface area (Å²) >= 11 is 0. The molecule has 0 radical (unpaired) electrons. The van der Waals surface area contributed by atoms with Crippen molar-refractivity contribution in [1.29, 1.82) is 0 Å². The minimum atomic E-state index is -4.23. The highest BCUT2D eigenvalue weighted by atomic mass is 19.4. The summed E-state index contributed by atoms with van der Waals surface area (Å²) < 4.78 is 36.9. The van der Waals surface area contributed by atoms with Crippen LogP contribution in [-0.4, -0.2) is 0 Å². The lowest BCUT2D eigenvalue weighted by Crippen LogP contribution is -2.04. The van der Waals surface area contributed by atoms with E-state index >= 15 is 0 Å². The van der Waals surface area contributed by atoms with Gasteiger partial charge in [0.2, 0.25) is 0 Å². The molecule has 0 bridgehead atoms. The fraction of sp³-hybridized carbons (Fsp3) is 0.571. The Bertz CT molecular complexity index is 322. The molecule has 0 aromatic heterocycles. The van der Waals surface area contributed by atoms with Gasteiger partial charge in [0.25, 0.3) is 0 Å². The number of hydrogen-bond acceptors (Lipinski definition) is 0. The van der Waals surface area contributed by atoms with Gasteiger partial charge in [0, 0.05) is 0 Å². The second kappa shape index (κ2) is 6.08. The molecule has 1 rings (SSSR count). The molecular formula is C14H19F3. The Morgan fingerprint density at radius 2 is 1.59 bits per heavy atom. The van der Waals surface area contributed by atoms with Crippen LogP contribution in [0, 0.1) is 5.92 Å². The Kier molecular flexibility index (Phi) is 5.03. The van der Waals surface area contributed by atoms with E-state index in [1.54, 1.807) is 12.1 Å². The van der Waals surface area contributed by atoms with Gasteiger partial charge in [-0.1, -0.05) is 38.8 Å². The molecule has 1 aromatic rings. The van der Waals surface area contributed by atoms with Crippen molar-refractivity contribution in [2.75, 3.05) is 0 Å². The van der Waals surface area contributed by atoms with Crippen molar-refractivity contribution in [2.24, 2.45) is 5.92 Å². The second-order valence-electron chi connectivity index (χ2n) is 4.83. The van der Waals surface area contributed by atoms with Crippen LogP contribution in [0.25, 0.3) is 0 Å². The van der Waals surface area contributed by atoms with Crippen molar-refractivity contribution in [3.8, 4) is 0 Å². The van der Waals surface area contributed by atoms with Crippen LogP contribution in [0.5, 0.6) is 0 Å². The Hall–Kier alpha value is -0.990. The van der Waals surface area contributed by atoms with Gasteiger partial charge in [0.1, 0.15) is 0 Å². The zero-order valence-corrected chi connectivity index (χ0v) is 10.3. The van der Waals surface area contributed by atoms with Crippen molar-refractivity contribution in [3.05, 3.63) is 35.4 Å². The molecule has 0 N–H and O–H groups in total. The first-order valence-corrected chi connectivity index (χ1v) is 6.05. The predicted molar refractivity (Wildman–Crippen MR) is 63.8 cm³/mol. The van der Waals surface area contributed by atoms with Gasteiger partial charge in [-0.25, -0.2) is 0 Å². The van der Waals surface area contributed by atoms with Gasteiger partial charge in [0.05, 0.1) is 5.56 Å². The number of benzene rings is 1. The number of rotatable bonds is 5. The number of aryl methyl sites for hydroxylation is 1. The fourth-order valence-electron chi connectivity index (χ4n) is 1.74. The van der Waals surface area contributed by atoms with Crippen LogP contribution in [0.1, 0.15) is 44.2 Å². The van der Waals surface area contributed by atoms with Crippen molar-refractivity contribution >= 4 is 0 Å². The van der Waals surface area contributed by atoms with Crippen LogP contribution < -0.4 is 0 Å². The molecule has 0 aliphatic heterocycles. The monoisotopic (exact) mass is 244 g/mol. The van der Waals surface area contributed by atoms with E-state index in [2.05, 4.69) is 13.8 Å². The summed E-state index contributed by atoms with van der Waals surface area (Å²) in [6.45, 7) is 4.36. The number of halogens is 3. The molecule has 0 nitrogen and oxygen atoms in total. The summed E-state index contributed by atoms with van der Waals surface area (Å²) in [5.41, 5.74) is 0.421. The minimum absolute atomic E-state index is 0.566. The molecule has 0 heterocycles. The molecular weight excluding hydrogens is 225 g/mol. The van der Waals surface area contributed by atoms with Crippen molar-refractivity contribution in [1.82, 2.24) is 0 Å². The number of alkyl halides is 3. The molecule has 3 heteroatoms. The summed E-state index contributed by atoms with van der Waals surface area (Å²) in [7, 11) is 0. The second-order valence-corrected chi connectivity index (χ2v) is 4.83. The highest BCUT2D eigenvalue weighted by Gasteiger charge is 2.29. The topological polar surface area (TPSA) is 0 Å².